The smallest absolute Gasteiger partial charge is 0.416 e. The molecule has 6 nitrogen and oxygen atoms in total. The highest BCUT2D eigenvalue weighted by atomic mass is 19.4. The van der Waals surface area contributed by atoms with E-state index in [4.69, 9.17) is 4.74 Å². The van der Waals surface area contributed by atoms with Gasteiger partial charge in [0.25, 0.3) is 5.91 Å². The van der Waals surface area contributed by atoms with Crippen molar-refractivity contribution in [3.63, 3.8) is 0 Å². The number of likely N-dealkylation sites (tertiary alicyclic amines) is 1. The first kappa shape index (κ1) is 28.4. The van der Waals surface area contributed by atoms with E-state index in [-0.39, 0.29) is 12.0 Å². The summed E-state index contributed by atoms with van der Waals surface area (Å²) in [5.41, 5.74) is 2.19. The second kappa shape index (κ2) is 9.96. The molecular formula is C35H40F3N3O3. The van der Waals surface area contributed by atoms with Gasteiger partial charge in [-0.25, -0.2) is 4.79 Å². The Kier molecular flexibility index (Phi) is 6.43. The van der Waals surface area contributed by atoms with Crippen molar-refractivity contribution in [3.8, 4) is 0 Å². The number of halogens is 3. The predicted molar refractivity (Wildman–Crippen MR) is 157 cm³/mol. The summed E-state index contributed by atoms with van der Waals surface area (Å²) >= 11 is 0. The number of fused-ring (bicyclic) bond motifs is 2. The Hall–Kier alpha value is -3.07. The number of hydrogen-bond donors (Lipinski definition) is 1. The first-order valence-corrected chi connectivity index (χ1v) is 16.3. The van der Waals surface area contributed by atoms with E-state index in [9.17, 15) is 22.8 Å². The number of nitrogens with one attached hydrogen (secondary N) is 1. The minimum absolute atomic E-state index is 0.0141. The Balaban J connectivity index is 0.820. The van der Waals surface area contributed by atoms with Crippen molar-refractivity contribution < 1.29 is 27.5 Å². The number of hydrogen-bond acceptors (Lipinski definition) is 4. The normalized spacial score (nSPS) is 33.4. The molecule has 2 aliphatic heterocycles. The van der Waals surface area contributed by atoms with Crippen LogP contribution < -0.4 is 5.32 Å². The van der Waals surface area contributed by atoms with Crippen LogP contribution in [0.25, 0.3) is 0 Å². The standard InChI is InChI=1S/C35H40F3N3O3/c36-35(37,38)27-7-3-23(4-8-27)18-40-11-9-33(10-12-40)22-41(31(43)44-33)19-24-1-5-26(6-2-24)30(42)39-21-32-15-25-13-28-14-29(17-32)34(28,16-25)20-32/h1-8,25,28-29H,9-22H2,(H,39,42). The lowest BCUT2D eigenvalue weighted by Crippen LogP contribution is -2.46. The number of rotatable bonds is 7. The van der Waals surface area contributed by atoms with Crippen molar-refractivity contribution in [2.45, 2.75) is 76.2 Å². The highest BCUT2D eigenvalue weighted by Gasteiger charge is 2.70. The van der Waals surface area contributed by atoms with Crippen molar-refractivity contribution >= 4 is 12.0 Å². The third-order valence-corrected chi connectivity index (χ3v) is 12.3. The number of carbonyl (C=O) groups is 2. The van der Waals surface area contributed by atoms with Gasteiger partial charge in [0.2, 0.25) is 0 Å². The first-order chi connectivity index (χ1) is 21.0. The molecule has 2 saturated heterocycles. The van der Waals surface area contributed by atoms with Crippen LogP contribution in [-0.4, -0.2) is 53.6 Å². The molecule has 2 amide bonds. The first-order valence-electron chi connectivity index (χ1n) is 16.3. The molecule has 44 heavy (non-hydrogen) atoms. The summed E-state index contributed by atoms with van der Waals surface area (Å²) in [7, 11) is 0. The predicted octanol–water partition coefficient (Wildman–Crippen LogP) is 6.64. The van der Waals surface area contributed by atoms with Gasteiger partial charge in [-0.05, 0) is 103 Å². The quantitative estimate of drug-likeness (QED) is 0.384. The van der Waals surface area contributed by atoms with E-state index < -0.39 is 17.3 Å². The van der Waals surface area contributed by atoms with Gasteiger partial charge < -0.3 is 10.1 Å². The summed E-state index contributed by atoms with van der Waals surface area (Å²) in [5.74, 6) is 2.71. The number of benzene rings is 2. The monoisotopic (exact) mass is 607 g/mol. The Labute approximate surface area is 256 Å². The maximum absolute atomic E-state index is 13.1. The Morgan fingerprint density at radius 2 is 1.61 bits per heavy atom. The highest BCUT2D eigenvalue weighted by Crippen LogP contribution is 2.78. The van der Waals surface area contributed by atoms with Crippen LogP contribution in [0.2, 0.25) is 0 Å². The molecular weight excluding hydrogens is 567 g/mol. The van der Waals surface area contributed by atoms with Gasteiger partial charge in [0, 0.05) is 51.1 Å². The summed E-state index contributed by atoms with van der Waals surface area (Å²) in [4.78, 5) is 29.8. The minimum atomic E-state index is -4.33. The summed E-state index contributed by atoms with van der Waals surface area (Å²) in [5, 5.41) is 3.28. The maximum Gasteiger partial charge on any atom is 0.416 e. The SMILES string of the molecule is O=C(NCC12CC3CC4CC(C1)C4(C3)C2)c1ccc(CN2CC3(CCN(Cc4ccc(C(F)(F)F)cc4)CC3)OC2=O)cc1. The average Bonchev–Trinajstić information content (AvgIpc) is 3.47. The zero-order valence-electron chi connectivity index (χ0n) is 25.0. The average molecular weight is 608 g/mol. The van der Waals surface area contributed by atoms with Gasteiger partial charge in [-0.2, -0.15) is 13.2 Å². The van der Waals surface area contributed by atoms with Gasteiger partial charge in [0.05, 0.1) is 12.1 Å². The second-order valence-electron chi connectivity index (χ2n) is 15.0. The van der Waals surface area contributed by atoms with Crippen LogP contribution in [0.4, 0.5) is 18.0 Å². The van der Waals surface area contributed by atoms with Crippen molar-refractivity contribution in [1.82, 2.24) is 15.1 Å². The lowest BCUT2D eigenvalue weighted by Gasteiger charge is -2.49. The van der Waals surface area contributed by atoms with E-state index in [0.717, 1.165) is 47.6 Å². The van der Waals surface area contributed by atoms with E-state index in [0.29, 0.717) is 62.0 Å². The Morgan fingerprint density at radius 1 is 0.909 bits per heavy atom. The zero-order chi connectivity index (χ0) is 30.3. The molecule has 5 unspecified atom stereocenters. The molecule has 2 heterocycles. The topological polar surface area (TPSA) is 61.9 Å². The third kappa shape index (κ3) is 4.81. The lowest BCUT2D eigenvalue weighted by atomic mass is 9.55. The van der Waals surface area contributed by atoms with Gasteiger partial charge in [0.1, 0.15) is 5.60 Å². The molecule has 234 valence electrons. The van der Waals surface area contributed by atoms with Crippen molar-refractivity contribution in [2.75, 3.05) is 26.2 Å². The molecule has 0 aromatic heterocycles. The van der Waals surface area contributed by atoms with Crippen LogP contribution in [0.3, 0.4) is 0 Å². The Morgan fingerprint density at radius 3 is 2.34 bits per heavy atom. The second-order valence-corrected chi connectivity index (χ2v) is 15.0. The fourth-order valence-electron chi connectivity index (χ4n) is 10.3. The zero-order valence-corrected chi connectivity index (χ0v) is 25.0. The summed E-state index contributed by atoms with van der Waals surface area (Å²) in [6, 6.07) is 12.9. The van der Waals surface area contributed by atoms with Crippen molar-refractivity contribution in [1.29, 1.82) is 0 Å². The van der Waals surface area contributed by atoms with Crippen LogP contribution in [-0.2, 0) is 24.0 Å². The highest BCUT2D eigenvalue weighted by molar-refractivity contribution is 5.94. The molecule has 2 aromatic carbocycles. The van der Waals surface area contributed by atoms with Gasteiger partial charge in [0.15, 0.2) is 0 Å². The molecule has 5 atom stereocenters. The summed E-state index contributed by atoms with van der Waals surface area (Å²) in [6.45, 7) is 3.70. The largest absolute Gasteiger partial charge is 0.441 e. The molecule has 9 heteroatoms. The van der Waals surface area contributed by atoms with Crippen LogP contribution in [0.1, 0.15) is 78.4 Å². The number of ether oxygens (including phenoxy) is 1. The van der Waals surface area contributed by atoms with Crippen LogP contribution in [0.15, 0.2) is 48.5 Å². The molecule has 0 radical (unpaired) electrons. The van der Waals surface area contributed by atoms with E-state index in [1.54, 1.807) is 4.90 Å². The van der Waals surface area contributed by atoms with E-state index >= 15 is 0 Å². The van der Waals surface area contributed by atoms with Crippen LogP contribution >= 0.6 is 0 Å². The van der Waals surface area contributed by atoms with Crippen molar-refractivity contribution in [2.24, 2.45) is 28.6 Å². The van der Waals surface area contributed by atoms with Crippen LogP contribution in [0, 0.1) is 28.6 Å². The van der Waals surface area contributed by atoms with Gasteiger partial charge in [-0.15, -0.1) is 0 Å². The Bertz CT molecular complexity index is 1450. The molecule has 6 fully saturated rings. The summed E-state index contributed by atoms with van der Waals surface area (Å²) < 4.78 is 44.5. The fraction of sp³-hybridized carbons (Fsp3) is 0.600. The van der Waals surface area contributed by atoms with E-state index in [1.165, 1.54) is 50.7 Å². The molecule has 6 aliphatic rings. The number of amides is 2. The molecule has 1 N–H and O–H groups in total. The van der Waals surface area contributed by atoms with Gasteiger partial charge in [-0.3, -0.25) is 14.6 Å². The molecule has 2 spiro atoms. The van der Waals surface area contributed by atoms with E-state index in [1.807, 2.05) is 24.3 Å². The molecule has 2 aromatic rings. The molecule has 8 rings (SSSR count). The molecule has 4 saturated carbocycles. The number of nitrogens with zero attached hydrogens (tertiary/aromatic N) is 2. The van der Waals surface area contributed by atoms with Gasteiger partial charge >= 0.3 is 12.3 Å². The van der Waals surface area contributed by atoms with E-state index in [2.05, 4.69) is 10.2 Å². The van der Waals surface area contributed by atoms with Crippen molar-refractivity contribution in [3.05, 3.63) is 70.8 Å². The maximum atomic E-state index is 13.1. The number of piperidine rings is 1. The fourth-order valence-corrected chi connectivity index (χ4v) is 10.3. The third-order valence-electron chi connectivity index (χ3n) is 12.3. The number of alkyl halides is 3. The van der Waals surface area contributed by atoms with Crippen LogP contribution in [0.5, 0.6) is 0 Å². The summed E-state index contributed by atoms with van der Waals surface area (Å²) in [6.07, 6.45) is 4.88. The molecule has 3 bridgehead atoms. The molecule has 4 aliphatic carbocycles. The minimum Gasteiger partial charge on any atom is -0.441 e. The van der Waals surface area contributed by atoms with Gasteiger partial charge in [-0.1, -0.05) is 24.3 Å². The lowest BCUT2D eigenvalue weighted by molar-refractivity contribution is -0.137. The number of carbonyl (C=O) groups excluding carboxylic acids is 2.